The first-order chi connectivity index (χ1) is 12.7. The Morgan fingerprint density at radius 1 is 1.11 bits per heavy atom. The van der Waals surface area contributed by atoms with Gasteiger partial charge in [0.2, 0.25) is 15.9 Å². The number of hydrogen-bond donors (Lipinski definition) is 1. The summed E-state index contributed by atoms with van der Waals surface area (Å²) in [6, 6.07) is 12.5. The average Bonchev–Trinajstić information content (AvgIpc) is 2.59. The van der Waals surface area contributed by atoms with Gasteiger partial charge in [0.1, 0.15) is 18.9 Å². The quantitative estimate of drug-likeness (QED) is 0.621. The summed E-state index contributed by atoms with van der Waals surface area (Å²) in [6.45, 7) is 4.32. The van der Waals surface area contributed by atoms with Crippen LogP contribution in [0.15, 0.2) is 46.9 Å². The number of carbonyl (C=O) groups is 1. The zero-order valence-electron chi connectivity index (χ0n) is 15.5. The molecule has 8 heteroatoms. The molecule has 0 saturated heterocycles. The number of ether oxygens (including phenoxy) is 1. The minimum absolute atomic E-state index is 0.281. The Labute approximate surface area is 168 Å². The lowest BCUT2D eigenvalue weighted by Crippen LogP contribution is -2.41. The van der Waals surface area contributed by atoms with Crippen LogP contribution in [0, 0.1) is 13.8 Å². The van der Waals surface area contributed by atoms with E-state index in [0.29, 0.717) is 12.3 Å². The third-order valence-electron chi connectivity index (χ3n) is 3.97. The van der Waals surface area contributed by atoms with Gasteiger partial charge in [-0.15, -0.1) is 0 Å². The van der Waals surface area contributed by atoms with Gasteiger partial charge in [-0.3, -0.25) is 9.10 Å². The van der Waals surface area contributed by atoms with Gasteiger partial charge >= 0.3 is 0 Å². The number of halogens is 1. The molecule has 27 heavy (non-hydrogen) atoms. The highest BCUT2D eigenvalue weighted by Gasteiger charge is 2.20. The van der Waals surface area contributed by atoms with Crippen LogP contribution < -0.4 is 14.4 Å². The van der Waals surface area contributed by atoms with Crippen LogP contribution in [0.3, 0.4) is 0 Å². The molecule has 2 aromatic rings. The van der Waals surface area contributed by atoms with E-state index in [0.717, 1.165) is 26.3 Å². The van der Waals surface area contributed by atoms with Crippen molar-refractivity contribution in [1.29, 1.82) is 0 Å². The largest absolute Gasteiger partial charge is 0.492 e. The standard InChI is InChI=1S/C19H23BrN2O4S/c1-14-4-9-18(12-15(14)2)26-11-10-21-19(23)13-22(27(3,24)25)17-7-5-16(20)6-8-17/h4-9,12H,10-11,13H2,1-3H3,(H,21,23). The number of anilines is 1. The molecule has 0 aliphatic heterocycles. The first-order valence-electron chi connectivity index (χ1n) is 8.37. The molecule has 146 valence electrons. The summed E-state index contributed by atoms with van der Waals surface area (Å²) in [7, 11) is -3.58. The molecule has 0 radical (unpaired) electrons. The fourth-order valence-electron chi connectivity index (χ4n) is 2.36. The lowest BCUT2D eigenvalue weighted by Gasteiger charge is -2.22. The summed E-state index contributed by atoms with van der Waals surface area (Å²) in [6.07, 6.45) is 1.07. The van der Waals surface area contributed by atoms with Gasteiger partial charge < -0.3 is 10.1 Å². The van der Waals surface area contributed by atoms with Gasteiger partial charge in [-0.1, -0.05) is 22.0 Å². The SMILES string of the molecule is Cc1ccc(OCCNC(=O)CN(c2ccc(Br)cc2)S(C)(=O)=O)cc1C. The van der Waals surface area contributed by atoms with E-state index in [1.54, 1.807) is 24.3 Å². The van der Waals surface area contributed by atoms with Crippen LogP contribution in [0.1, 0.15) is 11.1 Å². The summed E-state index contributed by atoms with van der Waals surface area (Å²) in [5.74, 6) is 0.340. The van der Waals surface area contributed by atoms with Crippen LogP contribution in [-0.2, 0) is 14.8 Å². The molecule has 2 aromatic carbocycles. The van der Waals surface area contributed by atoms with Crippen molar-refractivity contribution in [3.05, 3.63) is 58.1 Å². The Morgan fingerprint density at radius 3 is 2.37 bits per heavy atom. The summed E-state index contributed by atoms with van der Waals surface area (Å²) in [4.78, 5) is 12.2. The molecular weight excluding hydrogens is 432 g/mol. The highest BCUT2D eigenvalue weighted by molar-refractivity contribution is 9.10. The first-order valence-corrected chi connectivity index (χ1v) is 11.0. The Morgan fingerprint density at radius 2 is 1.78 bits per heavy atom. The average molecular weight is 455 g/mol. The second-order valence-corrected chi connectivity index (χ2v) is 9.01. The number of amides is 1. The molecule has 0 heterocycles. The molecule has 0 aliphatic rings. The summed E-state index contributed by atoms with van der Waals surface area (Å²) < 4.78 is 31.6. The molecule has 0 fully saturated rings. The van der Waals surface area contributed by atoms with Crippen LogP contribution in [-0.4, -0.2) is 40.3 Å². The highest BCUT2D eigenvalue weighted by atomic mass is 79.9. The Kier molecular flexibility index (Phi) is 7.26. The van der Waals surface area contributed by atoms with E-state index >= 15 is 0 Å². The molecule has 6 nitrogen and oxygen atoms in total. The zero-order valence-corrected chi connectivity index (χ0v) is 17.9. The van der Waals surface area contributed by atoms with E-state index in [9.17, 15) is 13.2 Å². The molecule has 0 aromatic heterocycles. The predicted octanol–water partition coefficient (Wildman–Crippen LogP) is 3.03. The van der Waals surface area contributed by atoms with Crippen molar-refractivity contribution in [2.24, 2.45) is 0 Å². The van der Waals surface area contributed by atoms with E-state index in [1.165, 1.54) is 5.56 Å². The van der Waals surface area contributed by atoms with Gasteiger partial charge in [0.05, 0.1) is 18.5 Å². The van der Waals surface area contributed by atoms with Gasteiger partial charge in [-0.25, -0.2) is 8.42 Å². The van der Waals surface area contributed by atoms with Gasteiger partial charge in [-0.05, 0) is 61.4 Å². The van der Waals surface area contributed by atoms with Crippen molar-refractivity contribution in [1.82, 2.24) is 5.32 Å². The number of carbonyl (C=O) groups excluding carboxylic acids is 1. The predicted molar refractivity (Wildman–Crippen MR) is 111 cm³/mol. The van der Waals surface area contributed by atoms with Gasteiger partial charge in [-0.2, -0.15) is 0 Å². The van der Waals surface area contributed by atoms with E-state index in [-0.39, 0.29) is 13.1 Å². The maximum Gasteiger partial charge on any atom is 0.240 e. The lowest BCUT2D eigenvalue weighted by atomic mass is 10.1. The van der Waals surface area contributed by atoms with Crippen molar-refractivity contribution < 1.29 is 17.9 Å². The third-order valence-corrected chi connectivity index (χ3v) is 5.64. The minimum atomic E-state index is -3.58. The normalized spacial score (nSPS) is 11.1. The molecule has 1 amide bonds. The summed E-state index contributed by atoms with van der Waals surface area (Å²) in [5.41, 5.74) is 2.75. The van der Waals surface area contributed by atoms with Crippen molar-refractivity contribution >= 4 is 37.5 Å². The zero-order chi connectivity index (χ0) is 20.0. The number of nitrogens with one attached hydrogen (secondary N) is 1. The number of benzene rings is 2. The Hall–Kier alpha value is -2.06. The smallest absolute Gasteiger partial charge is 0.240 e. The van der Waals surface area contributed by atoms with Crippen molar-refractivity contribution in [2.75, 3.05) is 30.3 Å². The van der Waals surface area contributed by atoms with Crippen molar-refractivity contribution in [3.63, 3.8) is 0 Å². The van der Waals surface area contributed by atoms with E-state index < -0.39 is 15.9 Å². The molecule has 1 N–H and O–H groups in total. The molecule has 0 saturated carbocycles. The second-order valence-electron chi connectivity index (χ2n) is 6.19. The number of sulfonamides is 1. The van der Waals surface area contributed by atoms with Crippen LogP contribution in [0.25, 0.3) is 0 Å². The number of rotatable bonds is 8. The highest BCUT2D eigenvalue weighted by Crippen LogP contribution is 2.20. The van der Waals surface area contributed by atoms with Gasteiger partial charge in [0.25, 0.3) is 0 Å². The van der Waals surface area contributed by atoms with Crippen molar-refractivity contribution in [3.8, 4) is 5.75 Å². The molecular formula is C19H23BrN2O4S. The Bertz CT molecular complexity index is 898. The van der Waals surface area contributed by atoms with E-state index in [4.69, 9.17) is 4.74 Å². The topological polar surface area (TPSA) is 75.7 Å². The van der Waals surface area contributed by atoms with Crippen molar-refractivity contribution in [2.45, 2.75) is 13.8 Å². The fourth-order valence-corrected chi connectivity index (χ4v) is 3.48. The van der Waals surface area contributed by atoms with Crippen LogP contribution in [0.4, 0.5) is 5.69 Å². The maximum atomic E-state index is 12.2. The Balaban J connectivity index is 1.88. The molecule has 0 atom stereocenters. The minimum Gasteiger partial charge on any atom is -0.492 e. The molecule has 0 aliphatic carbocycles. The molecule has 2 rings (SSSR count). The van der Waals surface area contributed by atoms with E-state index in [2.05, 4.69) is 21.2 Å². The number of aryl methyl sites for hydroxylation is 2. The monoisotopic (exact) mass is 454 g/mol. The van der Waals surface area contributed by atoms with Gasteiger partial charge in [0.15, 0.2) is 0 Å². The lowest BCUT2D eigenvalue weighted by molar-refractivity contribution is -0.119. The van der Waals surface area contributed by atoms with Crippen LogP contribution >= 0.6 is 15.9 Å². The van der Waals surface area contributed by atoms with Crippen LogP contribution in [0.2, 0.25) is 0 Å². The fraction of sp³-hybridized carbons (Fsp3) is 0.316. The number of nitrogens with zero attached hydrogens (tertiary/aromatic N) is 1. The van der Waals surface area contributed by atoms with Crippen LogP contribution in [0.5, 0.6) is 5.75 Å². The maximum absolute atomic E-state index is 12.2. The summed E-state index contributed by atoms with van der Waals surface area (Å²) >= 11 is 3.30. The first kappa shape index (κ1) is 21.2. The molecule has 0 unspecified atom stereocenters. The third kappa shape index (κ3) is 6.55. The summed E-state index contributed by atoms with van der Waals surface area (Å²) in [5, 5.41) is 2.68. The second kappa shape index (κ2) is 9.23. The van der Waals surface area contributed by atoms with E-state index in [1.807, 2.05) is 32.0 Å². The van der Waals surface area contributed by atoms with Gasteiger partial charge in [0, 0.05) is 4.47 Å². The number of hydrogen-bond acceptors (Lipinski definition) is 4. The molecule has 0 spiro atoms. The molecule has 0 bridgehead atoms.